The topological polar surface area (TPSA) is 38.3 Å². The summed E-state index contributed by atoms with van der Waals surface area (Å²) in [5.41, 5.74) is 3.18. The SMILES string of the molecule is Cc1ccc(Br)cc1C(C)NC(=O)OCc1ccccc1. The van der Waals surface area contributed by atoms with E-state index in [4.69, 9.17) is 4.74 Å². The van der Waals surface area contributed by atoms with E-state index in [0.717, 1.165) is 21.2 Å². The number of carbonyl (C=O) groups excluding carboxylic acids is 1. The molecule has 1 N–H and O–H groups in total. The van der Waals surface area contributed by atoms with Crippen molar-refractivity contribution in [2.45, 2.75) is 26.5 Å². The molecule has 21 heavy (non-hydrogen) atoms. The minimum atomic E-state index is -0.411. The second-order valence-corrected chi connectivity index (χ2v) is 5.84. The number of alkyl carbamates (subject to hydrolysis) is 1. The Labute approximate surface area is 133 Å². The summed E-state index contributed by atoms with van der Waals surface area (Å²) in [5.74, 6) is 0. The number of hydrogen-bond acceptors (Lipinski definition) is 2. The lowest BCUT2D eigenvalue weighted by molar-refractivity contribution is 0.136. The van der Waals surface area contributed by atoms with Gasteiger partial charge in [-0.2, -0.15) is 0 Å². The average Bonchev–Trinajstić information content (AvgIpc) is 2.48. The minimum Gasteiger partial charge on any atom is -0.445 e. The first-order chi connectivity index (χ1) is 10.1. The van der Waals surface area contributed by atoms with Gasteiger partial charge in [0.05, 0.1) is 6.04 Å². The van der Waals surface area contributed by atoms with E-state index in [1.165, 1.54) is 0 Å². The van der Waals surface area contributed by atoms with Gasteiger partial charge < -0.3 is 10.1 Å². The summed E-state index contributed by atoms with van der Waals surface area (Å²) in [6, 6.07) is 15.5. The van der Waals surface area contributed by atoms with Crippen molar-refractivity contribution in [3.05, 3.63) is 69.7 Å². The second kappa shape index (κ2) is 7.27. The fourth-order valence-electron chi connectivity index (χ4n) is 2.10. The van der Waals surface area contributed by atoms with Crippen molar-refractivity contribution in [3.63, 3.8) is 0 Å². The number of hydrogen-bond donors (Lipinski definition) is 1. The highest BCUT2D eigenvalue weighted by molar-refractivity contribution is 9.10. The van der Waals surface area contributed by atoms with Gasteiger partial charge in [-0.15, -0.1) is 0 Å². The summed E-state index contributed by atoms with van der Waals surface area (Å²) in [7, 11) is 0. The van der Waals surface area contributed by atoms with E-state index in [-0.39, 0.29) is 12.6 Å². The van der Waals surface area contributed by atoms with E-state index in [0.29, 0.717) is 0 Å². The van der Waals surface area contributed by atoms with Gasteiger partial charge in [0.15, 0.2) is 0 Å². The molecular weight excluding hydrogens is 330 g/mol. The molecule has 2 rings (SSSR count). The number of ether oxygens (including phenoxy) is 1. The highest BCUT2D eigenvalue weighted by atomic mass is 79.9. The zero-order chi connectivity index (χ0) is 15.2. The van der Waals surface area contributed by atoms with Crippen LogP contribution in [-0.2, 0) is 11.3 Å². The van der Waals surface area contributed by atoms with Crippen molar-refractivity contribution in [1.82, 2.24) is 5.32 Å². The first kappa shape index (κ1) is 15.6. The van der Waals surface area contributed by atoms with E-state index in [2.05, 4.69) is 21.2 Å². The smallest absolute Gasteiger partial charge is 0.407 e. The summed E-state index contributed by atoms with van der Waals surface area (Å²) in [6.45, 7) is 4.24. The zero-order valence-electron chi connectivity index (χ0n) is 12.1. The Hall–Kier alpha value is -1.81. The van der Waals surface area contributed by atoms with Crippen molar-refractivity contribution in [2.24, 2.45) is 0 Å². The van der Waals surface area contributed by atoms with Crippen molar-refractivity contribution >= 4 is 22.0 Å². The van der Waals surface area contributed by atoms with Crippen LogP contribution in [0.2, 0.25) is 0 Å². The van der Waals surface area contributed by atoms with Crippen LogP contribution in [0.15, 0.2) is 53.0 Å². The second-order valence-electron chi connectivity index (χ2n) is 4.93. The van der Waals surface area contributed by atoms with Crippen LogP contribution in [0.3, 0.4) is 0 Å². The van der Waals surface area contributed by atoms with Crippen LogP contribution in [0.4, 0.5) is 4.79 Å². The van der Waals surface area contributed by atoms with E-state index in [9.17, 15) is 4.79 Å². The predicted octanol–water partition coefficient (Wildman–Crippen LogP) is 4.74. The number of aryl methyl sites for hydroxylation is 1. The normalized spacial score (nSPS) is 11.8. The lowest BCUT2D eigenvalue weighted by Gasteiger charge is -2.17. The van der Waals surface area contributed by atoms with E-state index in [1.807, 2.05) is 62.4 Å². The first-order valence-corrected chi connectivity index (χ1v) is 7.59. The Bertz CT molecular complexity index is 613. The van der Waals surface area contributed by atoms with Gasteiger partial charge in [-0.25, -0.2) is 4.79 Å². The van der Waals surface area contributed by atoms with Gasteiger partial charge in [0.25, 0.3) is 0 Å². The standard InChI is InChI=1S/C17H18BrNO2/c1-12-8-9-15(18)10-16(12)13(2)19-17(20)21-11-14-6-4-3-5-7-14/h3-10,13H,11H2,1-2H3,(H,19,20). The summed E-state index contributed by atoms with van der Waals surface area (Å²) in [5, 5.41) is 2.85. The number of benzene rings is 2. The molecule has 2 aromatic rings. The van der Waals surface area contributed by atoms with Crippen LogP contribution in [0.25, 0.3) is 0 Å². The maximum absolute atomic E-state index is 11.9. The van der Waals surface area contributed by atoms with Gasteiger partial charge in [-0.3, -0.25) is 0 Å². The number of amides is 1. The molecule has 1 unspecified atom stereocenters. The molecule has 1 amide bonds. The van der Waals surface area contributed by atoms with Gasteiger partial charge in [-0.1, -0.05) is 52.3 Å². The van der Waals surface area contributed by atoms with Crippen molar-refractivity contribution in [3.8, 4) is 0 Å². The Morgan fingerprint density at radius 3 is 2.67 bits per heavy atom. The van der Waals surface area contributed by atoms with Crippen LogP contribution in [0.1, 0.15) is 29.7 Å². The highest BCUT2D eigenvalue weighted by Crippen LogP contribution is 2.22. The van der Waals surface area contributed by atoms with Crippen molar-refractivity contribution in [2.75, 3.05) is 0 Å². The summed E-state index contributed by atoms with van der Waals surface area (Å²) in [4.78, 5) is 11.9. The zero-order valence-corrected chi connectivity index (χ0v) is 13.7. The van der Waals surface area contributed by atoms with Gasteiger partial charge in [0.1, 0.15) is 6.61 Å². The number of carbonyl (C=O) groups is 1. The molecular formula is C17H18BrNO2. The molecule has 110 valence electrons. The summed E-state index contributed by atoms with van der Waals surface area (Å²) >= 11 is 3.45. The molecule has 3 nitrogen and oxygen atoms in total. The monoisotopic (exact) mass is 347 g/mol. The molecule has 0 spiro atoms. The molecule has 0 aliphatic heterocycles. The average molecular weight is 348 g/mol. The maximum atomic E-state index is 11.9. The fraction of sp³-hybridized carbons (Fsp3) is 0.235. The number of rotatable bonds is 4. The molecule has 0 aromatic heterocycles. The Kier molecular flexibility index (Phi) is 5.39. The van der Waals surface area contributed by atoms with E-state index >= 15 is 0 Å². The Balaban J connectivity index is 1.91. The molecule has 0 radical (unpaired) electrons. The van der Waals surface area contributed by atoms with E-state index < -0.39 is 6.09 Å². The lowest BCUT2D eigenvalue weighted by atomic mass is 10.0. The molecule has 4 heteroatoms. The number of halogens is 1. The lowest BCUT2D eigenvalue weighted by Crippen LogP contribution is -2.27. The number of nitrogens with one attached hydrogen (secondary N) is 1. The largest absolute Gasteiger partial charge is 0.445 e. The predicted molar refractivity (Wildman–Crippen MR) is 87.1 cm³/mol. The quantitative estimate of drug-likeness (QED) is 0.866. The molecule has 0 aliphatic carbocycles. The van der Waals surface area contributed by atoms with Crippen LogP contribution < -0.4 is 5.32 Å². The third kappa shape index (κ3) is 4.60. The third-order valence-electron chi connectivity index (χ3n) is 3.25. The molecule has 0 saturated heterocycles. The summed E-state index contributed by atoms with van der Waals surface area (Å²) in [6.07, 6.45) is -0.411. The molecule has 0 fully saturated rings. The van der Waals surface area contributed by atoms with Crippen LogP contribution in [0.5, 0.6) is 0 Å². The van der Waals surface area contributed by atoms with Gasteiger partial charge >= 0.3 is 6.09 Å². The Morgan fingerprint density at radius 2 is 1.95 bits per heavy atom. The van der Waals surface area contributed by atoms with Crippen molar-refractivity contribution < 1.29 is 9.53 Å². The maximum Gasteiger partial charge on any atom is 0.407 e. The van der Waals surface area contributed by atoms with Gasteiger partial charge in [0.2, 0.25) is 0 Å². The van der Waals surface area contributed by atoms with Gasteiger partial charge in [-0.05, 0) is 42.7 Å². The molecule has 0 bridgehead atoms. The third-order valence-corrected chi connectivity index (χ3v) is 3.75. The molecule has 0 saturated carbocycles. The van der Waals surface area contributed by atoms with Crippen LogP contribution in [-0.4, -0.2) is 6.09 Å². The highest BCUT2D eigenvalue weighted by Gasteiger charge is 2.13. The summed E-state index contributed by atoms with van der Waals surface area (Å²) < 4.78 is 6.22. The Morgan fingerprint density at radius 1 is 1.24 bits per heavy atom. The molecule has 2 aromatic carbocycles. The van der Waals surface area contributed by atoms with Crippen molar-refractivity contribution in [1.29, 1.82) is 0 Å². The molecule has 0 aliphatic rings. The van der Waals surface area contributed by atoms with E-state index in [1.54, 1.807) is 0 Å². The van der Waals surface area contributed by atoms with Crippen LogP contribution in [0, 0.1) is 6.92 Å². The van der Waals surface area contributed by atoms with Crippen LogP contribution >= 0.6 is 15.9 Å². The fourth-order valence-corrected chi connectivity index (χ4v) is 2.48. The molecule has 0 heterocycles. The minimum absolute atomic E-state index is 0.106. The molecule has 1 atom stereocenters. The van der Waals surface area contributed by atoms with Gasteiger partial charge in [0, 0.05) is 4.47 Å². The first-order valence-electron chi connectivity index (χ1n) is 6.79.